The summed E-state index contributed by atoms with van der Waals surface area (Å²) >= 11 is 0. The predicted octanol–water partition coefficient (Wildman–Crippen LogP) is 2.70. The van der Waals surface area contributed by atoms with Crippen LogP contribution in [0.3, 0.4) is 0 Å². The van der Waals surface area contributed by atoms with E-state index >= 15 is 0 Å². The van der Waals surface area contributed by atoms with Gasteiger partial charge in [-0.05, 0) is 48.9 Å². The SMILES string of the molecule is O=c1ccc(-c2ccc(F)cc2)nn1CCCNS(=O)(=O)c1ccc(F)cc1F. The Morgan fingerprint density at radius 1 is 0.931 bits per heavy atom. The molecule has 3 rings (SSSR count). The van der Waals surface area contributed by atoms with Crippen LogP contribution in [0.15, 0.2) is 64.3 Å². The first-order chi connectivity index (χ1) is 13.8. The van der Waals surface area contributed by atoms with Crippen LogP contribution in [-0.2, 0) is 16.6 Å². The average Bonchev–Trinajstić information content (AvgIpc) is 2.67. The topological polar surface area (TPSA) is 81.1 Å². The van der Waals surface area contributed by atoms with Crippen molar-refractivity contribution in [2.75, 3.05) is 6.54 Å². The molecule has 0 bridgehead atoms. The molecular formula is C19H16F3N3O3S. The maximum atomic E-state index is 13.7. The maximum absolute atomic E-state index is 13.7. The van der Waals surface area contributed by atoms with E-state index in [1.807, 2.05) is 0 Å². The fourth-order valence-electron chi connectivity index (χ4n) is 2.59. The van der Waals surface area contributed by atoms with Crippen molar-refractivity contribution in [1.29, 1.82) is 0 Å². The predicted molar refractivity (Wildman–Crippen MR) is 100 cm³/mol. The molecule has 1 N–H and O–H groups in total. The minimum Gasteiger partial charge on any atom is -0.268 e. The molecule has 0 fully saturated rings. The van der Waals surface area contributed by atoms with Crippen LogP contribution in [0.1, 0.15) is 6.42 Å². The number of nitrogens with zero attached hydrogens (tertiary/aromatic N) is 2. The zero-order valence-electron chi connectivity index (χ0n) is 15.0. The van der Waals surface area contributed by atoms with Crippen molar-refractivity contribution in [2.24, 2.45) is 0 Å². The fraction of sp³-hybridized carbons (Fsp3) is 0.158. The summed E-state index contributed by atoms with van der Waals surface area (Å²) in [6, 6.07) is 10.6. The highest BCUT2D eigenvalue weighted by Crippen LogP contribution is 2.16. The second-order valence-corrected chi connectivity index (χ2v) is 7.85. The zero-order valence-corrected chi connectivity index (χ0v) is 15.8. The Morgan fingerprint density at radius 3 is 2.31 bits per heavy atom. The number of nitrogens with one attached hydrogen (secondary N) is 1. The van der Waals surface area contributed by atoms with Gasteiger partial charge in [-0.25, -0.2) is 31.0 Å². The molecule has 0 amide bonds. The Kier molecular flexibility index (Phi) is 6.14. The second-order valence-electron chi connectivity index (χ2n) is 6.11. The molecule has 1 aromatic heterocycles. The van der Waals surface area contributed by atoms with Gasteiger partial charge in [0.2, 0.25) is 10.0 Å². The summed E-state index contributed by atoms with van der Waals surface area (Å²) < 4.78 is 67.2. The number of aryl methyl sites for hydroxylation is 1. The smallest absolute Gasteiger partial charge is 0.266 e. The van der Waals surface area contributed by atoms with E-state index in [-0.39, 0.29) is 25.1 Å². The molecule has 6 nitrogen and oxygen atoms in total. The average molecular weight is 423 g/mol. The molecule has 2 aromatic carbocycles. The molecular weight excluding hydrogens is 407 g/mol. The lowest BCUT2D eigenvalue weighted by atomic mass is 10.1. The first kappa shape index (κ1) is 20.7. The molecule has 10 heteroatoms. The maximum Gasteiger partial charge on any atom is 0.266 e. The summed E-state index contributed by atoms with van der Waals surface area (Å²) in [6.07, 6.45) is 0.196. The Bertz CT molecular complexity index is 1180. The second kappa shape index (κ2) is 8.58. The zero-order chi connectivity index (χ0) is 21.0. The quantitative estimate of drug-likeness (QED) is 0.593. The third-order valence-corrected chi connectivity index (χ3v) is 5.52. The van der Waals surface area contributed by atoms with E-state index in [0.717, 1.165) is 16.8 Å². The highest BCUT2D eigenvalue weighted by atomic mass is 32.2. The van der Waals surface area contributed by atoms with E-state index < -0.39 is 32.4 Å². The third kappa shape index (κ3) is 5.09. The van der Waals surface area contributed by atoms with Gasteiger partial charge in [0.1, 0.15) is 22.3 Å². The van der Waals surface area contributed by atoms with Crippen molar-refractivity contribution in [3.8, 4) is 11.3 Å². The van der Waals surface area contributed by atoms with Gasteiger partial charge in [0.15, 0.2) is 0 Å². The molecule has 0 aliphatic carbocycles. The van der Waals surface area contributed by atoms with Gasteiger partial charge in [0.05, 0.1) is 5.69 Å². The van der Waals surface area contributed by atoms with Crippen LogP contribution in [0.4, 0.5) is 13.2 Å². The van der Waals surface area contributed by atoms with E-state index in [1.54, 1.807) is 0 Å². The summed E-state index contributed by atoms with van der Waals surface area (Å²) in [6.45, 7) is 0.0103. The van der Waals surface area contributed by atoms with Crippen LogP contribution in [-0.4, -0.2) is 24.7 Å². The molecule has 0 saturated carbocycles. The summed E-state index contributed by atoms with van der Waals surface area (Å²) in [4.78, 5) is 11.3. The molecule has 0 atom stereocenters. The number of sulfonamides is 1. The number of rotatable bonds is 7. The van der Waals surface area contributed by atoms with E-state index in [9.17, 15) is 26.4 Å². The first-order valence-electron chi connectivity index (χ1n) is 8.55. The lowest BCUT2D eigenvalue weighted by Gasteiger charge is -2.09. The Balaban J connectivity index is 1.65. The largest absolute Gasteiger partial charge is 0.268 e. The molecule has 29 heavy (non-hydrogen) atoms. The number of aromatic nitrogens is 2. The summed E-state index contributed by atoms with van der Waals surface area (Å²) in [5, 5.41) is 4.19. The minimum atomic E-state index is -4.16. The number of hydrogen-bond acceptors (Lipinski definition) is 4. The van der Waals surface area contributed by atoms with Crippen molar-refractivity contribution in [2.45, 2.75) is 17.9 Å². The molecule has 1 heterocycles. The molecule has 152 valence electrons. The Hall–Kier alpha value is -2.98. The van der Waals surface area contributed by atoms with Crippen LogP contribution in [0.25, 0.3) is 11.3 Å². The highest BCUT2D eigenvalue weighted by Gasteiger charge is 2.19. The van der Waals surface area contributed by atoms with Gasteiger partial charge < -0.3 is 0 Å². The van der Waals surface area contributed by atoms with E-state index in [0.29, 0.717) is 17.3 Å². The van der Waals surface area contributed by atoms with Gasteiger partial charge in [0, 0.05) is 30.8 Å². The normalized spacial score (nSPS) is 11.6. The van der Waals surface area contributed by atoms with Gasteiger partial charge in [-0.2, -0.15) is 5.10 Å². The monoisotopic (exact) mass is 423 g/mol. The Labute approximate surface area is 164 Å². The van der Waals surface area contributed by atoms with Crippen molar-refractivity contribution in [3.05, 3.63) is 82.4 Å². The van der Waals surface area contributed by atoms with Gasteiger partial charge in [-0.3, -0.25) is 4.79 Å². The summed E-state index contributed by atoms with van der Waals surface area (Å²) in [5.41, 5.74) is 0.689. The molecule has 0 unspecified atom stereocenters. The Morgan fingerprint density at radius 2 is 1.62 bits per heavy atom. The standard InChI is InChI=1S/C19H16F3N3O3S/c20-14-4-2-13(3-5-14)17-7-9-19(26)25(24-17)11-1-10-23-29(27,28)18-8-6-15(21)12-16(18)22/h2-9,12,23H,1,10-11H2. The third-order valence-electron chi connectivity index (χ3n) is 4.03. The van der Waals surface area contributed by atoms with Gasteiger partial charge >= 0.3 is 0 Å². The van der Waals surface area contributed by atoms with Crippen molar-refractivity contribution in [3.63, 3.8) is 0 Å². The van der Waals surface area contributed by atoms with Gasteiger partial charge in [-0.1, -0.05) is 0 Å². The first-order valence-corrected chi connectivity index (χ1v) is 10.0. The van der Waals surface area contributed by atoms with Crippen LogP contribution in [0.5, 0.6) is 0 Å². The molecule has 0 radical (unpaired) electrons. The number of halogens is 3. The lowest BCUT2D eigenvalue weighted by molar-refractivity contribution is 0.527. The van der Waals surface area contributed by atoms with Crippen molar-refractivity contribution in [1.82, 2.24) is 14.5 Å². The van der Waals surface area contributed by atoms with Crippen LogP contribution >= 0.6 is 0 Å². The minimum absolute atomic E-state index is 0.0892. The summed E-state index contributed by atoms with van der Waals surface area (Å²) in [7, 11) is -4.16. The molecule has 3 aromatic rings. The van der Waals surface area contributed by atoms with Crippen molar-refractivity contribution >= 4 is 10.0 Å². The van der Waals surface area contributed by atoms with Crippen LogP contribution < -0.4 is 10.3 Å². The van der Waals surface area contributed by atoms with Crippen molar-refractivity contribution < 1.29 is 21.6 Å². The molecule has 0 aliphatic rings. The van der Waals surface area contributed by atoms with Gasteiger partial charge in [0.25, 0.3) is 5.56 Å². The number of benzene rings is 2. The highest BCUT2D eigenvalue weighted by molar-refractivity contribution is 7.89. The number of hydrogen-bond donors (Lipinski definition) is 1. The molecule has 0 spiro atoms. The van der Waals surface area contributed by atoms with E-state index in [2.05, 4.69) is 9.82 Å². The summed E-state index contributed by atoms with van der Waals surface area (Å²) in [5.74, 6) is -2.47. The molecule has 0 aliphatic heterocycles. The fourth-order valence-corrected chi connectivity index (χ4v) is 3.72. The lowest BCUT2D eigenvalue weighted by Crippen LogP contribution is -2.28. The van der Waals surface area contributed by atoms with Crippen LogP contribution in [0, 0.1) is 17.5 Å². The van der Waals surface area contributed by atoms with Gasteiger partial charge in [-0.15, -0.1) is 0 Å². The molecule has 0 saturated heterocycles. The van der Waals surface area contributed by atoms with Crippen LogP contribution in [0.2, 0.25) is 0 Å². The van der Waals surface area contributed by atoms with E-state index in [4.69, 9.17) is 0 Å². The van der Waals surface area contributed by atoms with E-state index in [1.165, 1.54) is 36.4 Å².